The third kappa shape index (κ3) is 3.38. The Morgan fingerprint density at radius 1 is 1.21 bits per heavy atom. The molecule has 0 amide bonds. The normalized spacial score (nSPS) is 11.0. The molecule has 0 aliphatic heterocycles. The highest BCUT2D eigenvalue weighted by Gasteiger charge is 2.10. The highest BCUT2D eigenvalue weighted by atomic mass is 16.5. The second-order valence-corrected chi connectivity index (χ2v) is 5.01. The molecule has 0 spiro atoms. The summed E-state index contributed by atoms with van der Waals surface area (Å²) in [5, 5.41) is 3.34. The van der Waals surface area contributed by atoms with Gasteiger partial charge >= 0.3 is 0 Å². The van der Waals surface area contributed by atoms with E-state index in [1.165, 1.54) is 5.56 Å². The number of benzene rings is 1. The molecular formula is C16H21NO2. The summed E-state index contributed by atoms with van der Waals surface area (Å²) in [6.07, 6.45) is 0. The largest absolute Gasteiger partial charge is 0.496 e. The number of methoxy groups -OCH3 is 1. The second-order valence-electron chi connectivity index (χ2n) is 5.01. The summed E-state index contributed by atoms with van der Waals surface area (Å²) in [7, 11) is 1.68. The molecule has 1 aromatic heterocycles. The molecule has 0 saturated carbocycles. The predicted octanol–water partition coefficient (Wildman–Crippen LogP) is 3.76. The van der Waals surface area contributed by atoms with Gasteiger partial charge in [0.1, 0.15) is 17.3 Å². The molecule has 1 N–H and O–H groups in total. The van der Waals surface area contributed by atoms with Crippen LogP contribution in [-0.4, -0.2) is 13.2 Å². The third-order valence-corrected chi connectivity index (χ3v) is 2.97. The van der Waals surface area contributed by atoms with Crippen molar-refractivity contribution in [3.63, 3.8) is 0 Å². The fraction of sp³-hybridized carbons (Fsp3) is 0.375. The number of nitrogens with one attached hydrogen (secondary N) is 1. The first-order chi connectivity index (χ1) is 9.10. The summed E-state index contributed by atoms with van der Waals surface area (Å²) >= 11 is 0. The number of hydrogen-bond donors (Lipinski definition) is 1. The zero-order valence-corrected chi connectivity index (χ0v) is 12.0. The molecule has 0 bridgehead atoms. The minimum absolute atomic E-state index is 0.446. The van der Waals surface area contributed by atoms with Crippen LogP contribution >= 0.6 is 0 Å². The Labute approximate surface area is 114 Å². The van der Waals surface area contributed by atoms with Crippen molar-refractivity contribution in [1.29, 1.82) is 0 Å². The van der Waals surface area contributed by atoms with E-state index in [9.17, 15) is 0 Å². The van der Waals surface area contributed by atoms with Crippen LogP contribution in [0.5, 0.6) is 5.75 Å². The van der Waals surface area contributed by atoms with Gasteiger partial charge in [-0.15, -0.1) is 0 Å². The smallest absolute Gasteiger partial charge is 0.138 e. The molecule has 0 unspecified atom stereocenters. The molecule has 2 rings (SSSR count). The summed E-state index contributed by atoms with van der Waals surface area (Å²) in [4.78, 5) is 0. The maximum Gasteiger partial charge on any atom is 0.138 e. The lowest BCUT2D eigenvalue weighted by Gasteiger charge is -2.08. The molecule has 0 aliphatic carbocycles. The molecule has 1 heterocycles. The van der Waals surface area contributed by atoms with Gasteiger partial charge in [0, 0.05) is 6.04 Å². The molecular weight excluding hydrogens is 238 g/mol. The van der Waals surface area contributed by atoms with Gasteiger partial charge in [-0.1, -0.05) is 25.5 Å². The van der Waals surface area contributed by atoms with Crippen LogP contribution in [0.1, 0.15) is 25.2 Å². The summed E-state index contributed by atoms with van der Waals surface area (Å²) in [6.45, 7) is 7.04. The second kappa shape index (κ2) is 5.93. The Morgan fingerprint density at radius 3 is 2.68 bits per heavy atom. The Hall–Kier alpha value is -1.74. The lowest BCUT2D eigenvalue weighted by molar-refractivity contribution is 0.413. The van der Waals surface area contributed by atoms with Crippen molar-refractivity contribution < 1.29 is 9.15 Å². The van der Waals surface area contributed by atoms with Gasteiger partial charge in [-0.3, -0.25) is 0 Å². The quantitative estimate of drug-likeness (QED) is 0.887. The molecule has 2 aromatic rings. The van der Waals surface area contributed by atoms with Crippen molar-refractivity contribution in [2.24, 2.45) is 0 Å². The van der Waals surface area contributed by atoms with Crippen LogP contribution in [0.25, 0.3) is 11.3 Å². The van der Waals surface area contributed by atoms with Crippen molar-refractivity contribution in [1.82, 2.24) is 5.32 Å². The summed E-state index contributed by atoms with van der Waals surface area (Å²) < 4.78 is 11.3. The number of hydrogen-bond acceptors (Lipinski definition) is 3. The Morgan fingerprint density at radius 2 is 2.00 bits per heavy atom. The lowest BCUT2D eigenvalue weighted by Crippen LogP contribution is -2.21. The van der Waals surface area contributed by atoms with Gasteiger partial charge in [0.25, 0.3) is 0 Å². The van der Waals surface area contributed by atoms with Gasteiger partial charge < -0.3 is 14.5 Å². The van der Waals surface area contributed by atoms with Gasteiger partial charge in [-0.2, -0.15) is 0 Å². The zero-order valence-electron chi connectivity index (χ0n) is 12.0. The molecule has 0 aliphatic rings. The van der Waals surface area contributed by atoms with E-state index in [1.54, 1.807) is 7.11 Å². The van der Waals surface area contributed by atoms with Crippen molar-refractivity contribution >= 4 is 0 Å². The Bertz CT molecular complexity index is 543. The highest BCUT2D eigenvalue weighted by Crippen LogP contribution is 2.32. The van der Waals surface area contributed by atoms with E-state index in [-0.39, 0.29) is 0 Å². The standard InChI is InChI=1S/C16H21NO2/c1-11(2)17-10-13-6-8-16(19-13)14-9-12(3)5-7-15(14)18-4/h5-9,11,17H,10H2,1-4H3. The number of furan rings is 1. The van der Waals surface area contributed by atoms with Crippen molar-refractivity contribution in [2.75, 3.05) is 7.11 Å². The highest BCUT2D eigenvalue weighted by molar-refractivity contribution is 5.66. The summed E-state index contributed by atoms with van der Waals surface area (Å²) in [5.41, 5.74) is 2.19. The molecule has 3 heteroatoms. The van der Waals surface area contributed by atoms with Gasteiger partial charge in [0.15, 0.2) is 0 Å². The van der Waals surface area contributed by atoms with Crippen molar-refractivity contribution in [2.45, 2.75) is 33.4 Å². The van der Waals surface area contributed by atoms with Gasteiger partial charge in [-0.05, 0) is 31.2 Å². The van der Waals surface area contributed by atoms with Crippen LogP contribution in [-0.2, 0) is 6.54 Å². The van der Waals surface area contributed by atoms with Gasteiger partial charge in [0.05, 0.1) is 19.2 Å². The average Bonchev–Trinajstić information content (AvgIpc) is 2.85. The first-order valence-electron chi connectivity index (χ1n) is 6.57. The molecule has 0 radical (unpaired) electrons. The van der Waals surface area contributed by atoms with E-state index >= 15 is 0 Å². The van der Waals surface area contributed by atoms with E-state index in [4.69, 9.17) is 9.15 Å². The zero-order chi connectivity index (χ0) is 13.8. The summed E-state index contributed by atoms with van der Waals surface area (Å²) in [5.74, 6) is 2.62. The first-order valence-corrected chi connectivity index (χ1v) is 6.57. The van der Waals surface area contributed by atoms with Crippen LogP contribution in [0.15, 0.2) is 34.7 Å². The van der Waals surface area contributed by atoms with Crippen molar-refractivity contribution in [3.05, 3.63) is 41.7 Å². The minimum atomic E-state index is 0.446. The molecule has 1 aromatic carbocycles. The van der Waals surface area contributed by atoms with Crippen LogP contribution < -0.4 is 10.1 Å². The molecule has 19 heavy (non-hydrogen) atoms. The van der Waals surface area contributed by atoms with E-state index in [0.717, 1.165) is 29.4 Å². The monoisotopic (exact) mass is 259 g/mol. The fourth-order valence-corrected chi connectivity index (χ4v) is 1.94. The SMILES string of the molecule is COc1ccc(C)cc1-c1ccc(CNC(C)C)o1. The minimum Gasteiger partial charge on any atom is -0.496 e. The van der Waals surface area contributed by atoms with Gasteiger partial charge in [0.2, 0.25) is 0 Å². The maximum absolute atomic E-state index is 5.88. The van der Waals surface area contributed by atoms with Crippen LogP contribution in [0.4, 0.5) is 0 Å². The van der Waals surface area contributed by atoms with E-state index < -0.39 is 0 Å². The van der Waals surface area contributed by atoms with E-state index in [1.807, 2.05) is 24.3 Å². The Balaban J connectivity index is 2.24. The predicted molar refractivity (Wildman–Crippen MR) is 77.4 cm³/mol. The van der Waals surface area contributed by atoms with Crippen LogP contribution in [0, 0.1) is 6.92 Å². The molecule has 0 saturated heterocycles. The van der Waals surface area contributed by atoms with Gasteiger partial charge in [-0.25, -0.2) is 0 Å². The lowest BCUT2D eigenvalue weighted by atomic mass is 10.1. The molecule has 0 fully saturated rings. The van der Waals surface area contributed by atoms with E-state index in [0.29, 0.717) is 6.04 Å². The van der Waals surface area contributed by atoms with Crippen LogP contribution in [0.2, 0.25) is 0 Å². The number of rotatable bonds is 5. The topological polar surface area (TPSA) is 34.4 Å². The molecule has 3 nitrogen and oxygen atoms in total. The molecule has 0 atom stereocenters. The summed E-state index contributed by atoms with van der Waals surface area (Å²) in [6, 6.07) is 10.5. The third-order valence-electron chi connectivity index (χ3n) is 2.97. The maximum atomic E-state index is 5.88. The van der Waals surface area contributed by atoms with Crippen LogP contribution in [0.3, 0.4) is 0 Å². The molecule has 102 valence electrons. The number of ether oxygens (including phenoxy) is 1. The van der Waals surface area contributed by atoms with E-state index in [2.05, 4.69) is 32.2 Å². The first kappa shape index (κ1) is 13.7. The van der Waals surface area contributed by atoms with Crippen molar-refractivity contribution in [3.8, 4) is 17.1 Å². The Kier molecular flexibility index (Phi) is 4.27. The average molecular weight is 259 g/mol. The number of aryl methyl sites for hydroxylation is 1. The fourth-order valence-electron chi connectivity index (χ4n) is 1.94.